The highest BCUT2D eigenvalue weighted by molar-refractivity contribution is 5.90. The third-order valence-corrected chi connectivity index (χ3v) is 2.66. The lowest BCUT2D eigenvalue weighted by Crippen LogP contribution is -2.17. The average Bonchev–Trinajstić information content (AvgIpc) is 2.46. The summed E-state index contributed by atoms with van der Waals surface area (Å²) >= 11 is 0. The summed E-state index contributed by atoms with van der Waals surface area (Å²) in [6.07, 6.45) is -4.00. The van der Waals surface area contributed by atoms with Gasteiger partial charge in [0.2, 0.25) is 5.95 Å². The summed E-state index contributed by atoms with van der Waals surface area (Å²) in [6, 6.07) is 6.02. The van der Waals surface area contributed by atoms with Crippen molar-refractivity contribution in [1.82, 2.24) is 4.98 Å². The molecule has 0 aliphatic heterocycles. The largest absolute Gasteiger partial charge is 0.573 e. The normalized spacial score (nSPS) is 11.1. The van der Waals surface area contributed by atoms with E-state index < -0.39 is 24.0 Å². The number of pyridine rings is 1. The SMILES string of the molecule is COC(=O)c1cnc(F)c(-c2ccccc2OC(F)(F)F)c1. The second kappa shape index (κ2) is 6.00. The van der Waals surface area contributed by atoms with E-state index in [9.17, 15) is 22.4 Å². The van der Waals surface area contributed by atoms with Crippen molar-refractivity contribution in [3.8, 4) is 16.9 Å². The van der Waals surface area contributed by atoms with Gasteiger partial charge >= 0.3 is 12.3 Å². The molecule has 22 heavy (non-hydrogen) atoms. The smallest absolute Gasteiger partial charge is 0.465 e. The Hall–Kier alpha value is -2.64. The van der Waals surface area contributed by atoms with Crippen molar-refractivity contribution < 1.29 is 31.8 Å². The molecule has 8 heteroatoms. The van der Waals surface area contributed by atoms with Crippen LogP contribution in [0.1, 0.15) is 10.4 Å². The van der Waals surface area contributed by atoms with Gasteiger partial charge < -0.3 is 9.47 Å². The molecule has 0 aliphatic rings. The first-order valence-electron chi connectivity index (χ1n) is 5.91. The number of alkyl halides is 3. The second-order valence-corrected chi connectivity index (χ2v) is 4.10. The van der Waals surface area contributed by atoms with Gasteiger partial charge in [-0.3, -0.25) is 0 Å². The van der Waals surface area contributed by atoms with Gasteiger partial charge in [-0.05, 0) is 12.1 Å². The molecule has 0 saturated carbocycles. The van der Waals surface area contributed by atoms with Crippen LogP contribution in [0.4, 0.5) is 17.6 Å². The highest BCUT2D eigenvalue weighted by Crippen LogP contribution is 2.34. The molecule has 0 bridgehead atoms. The molecule has 0 atom stereocenters. The zero-order valence-corrected chi connectivity index (χ0v) is 11.1. The molecule has 0 spiro atoms. The van der Waals surface area contributed by atoms with E-state index in [1.165, 1.54) is 18.2 Å². The molecule has 0 N–H and O–H groups in total. The number of aromatic nitrogens is 1. The van der Waals surface area contributed by atoms with E-state index in [-0.39, 0.29) is 16.7 Å². The maximum Gasteiger partial charge on any atom is 0.573 e. The minimum Gasteiger partial charge on any atom is -0.465 e. The van der Waals surface area contributed by atoms with Crippen LogP contribution in [0.5, 0.6) is 5.75 Å². The van der Waals surface area contributed by atoms with Gasteiger partial charge in [-0.15, -0.1) is 13.2 Å². The number of rotatable bonds is 3. The third kappa shape index (κ3) is 3.51. The van der Waals surface area contributed by atoms with Gasteiger partial charge in [-0.25, -0.2) is 9.78 Å². The van der Waals surface area contributed by atoms with Gasteiger partial charge in [0, 0.05) is 17.3 Å². The van der Waals surface area contributed by atoms with E-state index in [0.717, 1.165) is 25.4 Å². The maximum atomic E-state index is 13.8. The highest BCUT2D eigenvalue weighted by Gasteiger charge is 2.32. The fourth-order valence-electron chi connectivity index (χ4n) is 1.77. The monoisotopic (exact) mass is 315 g/mol. The van der Waals surface area contributed by atoms with Crippen LogP contribution in [-0.2, 0) is 4.74 Å². The number of methoxy groups -OCH3 is 1. The van der Waals surface area contributed by atoms with Crippen LogP contribution in [0.15, 0.2) is 36.5 Å². The van der Waals surface area contributed by atoms with Gasteiger partial charge in [0.25, 0.3) is 0 Å². The molecule has 1 heterocycles. The van der Waals surface area contributed by atoms with E-state index in [0.29, 0.717) is 0 Å². The van der Waals surface area contributed by atoms with Crippen LogP contribution in [0, 0.1) is 5.95 Å². The number of hydrogen-bond acceptors (Lipinski definition) is 4. The summed E-state index contributed by atoms with van der Waals surface area (Å²) in [7, 11) is 1.12. The Bertz CT molecular complexity index is 701. The van der Waals surface area contributed by atoms with Crippen molar-refractivity contribution in [3.63, 3.8) is 0 Å². The number of carbonyl (C=O) groups is 1. The molecule has 0 saturated heterocycles. The quantitative estimate of drug-likeness (QED) is 0.493. The highest BCUT2D eigenvalue weighted by atomic mass is 19.4. The Labute approximate surface area is 122 Å². The maximum absolute atomic E-state index is 13.8. The second-order valence-electron chi connectivity index (χ2n) is 4.10. The Morgan fingerprint density at radius 2 is 1.86 bits per heavy atom. The van der Waals surface area contributed by atoms with E-state index >= 15 is 0 Å². The first kappa shape index (κ1) is 15.7. The lowest BCUT2D eigenvalue weighted by atomic mass is 10.0. The van der Waals surface area contributed by atoms with Crippen LogP contribution in [0.3, 0.4) is 0 Å². The van der Waals surface area contributed by atoms with E-state index in [4.69, 9.17) is 0 Å². The Balaban J connectivity index is 2.54. The summed E-state index contributed by atoms with van der Waals surface area (Å²) in [6.45, 7) is 0. The summed E-state index contributed by atoms with van der Waals surface area (Å²) in [5, 5.41) is 0. The fraction of sp³-hybridized carbons (Fsp3) is 0.143. The van der Waals surface area contributed by atoms with E-state index in [2.05, 4.69) is 14.5 Å². The van der Waals surface area contributed by atoms with Crippen LogP contribution < -0.4 is 4.74 Å². The van der Waals surface area contributed by atoms with Crippen LogP contribution in [-0.4, -0.2) is 24.4 Å². The van der Waals surface area contributed by atoms with Gasteiger partial charge in [0.05, 0.1) is 12.7 Å². The van der Waals surface area contributed by atoms with Gasteiger partial charge in [0.15, 0.2) is 0 Å². The minimum absolute atomic E-state index is 0.0966. The first-order chi connectivity index (χ1) is 10.3. The molecule has 2 rings (SSSR count). The van der Waals surface area contributed by atoms with Crippen molar-refractivity contribution in [2.75, 3.05) is 7.11 Å². The summed E-state index contributed by atoms with van der Waals surface area (Å²) in [5.74, 6) is -2.42. The lowest BCUT2D eigenvalue weighted by Gasteiger charge is -2.13. The number of hydrogen-bond donors (Lipinski definition) is 0. The summed E-state index contributed by atoms with van der Waals surface area (Å²) < 4.78 is 59.3. The molecule has 0 unspecified atom stereocenters. The molecule has 0 aliphatic carbocycles. The average molecular weight is 315 g/mol. The standard InChI is InChI=1S/C14H9F4NO3/c1-21-13(20)8-6-10(12(15)19-7-8)9-4-2-3-5-11(9)22-14(16,17)18/h2-7H,1H3. The van der Waals surface area contributed by atoms with Crippen LogP contribution in [0.2, 0.25) is 0 Å². The number of ether oxygens (including phenoxy) is 2. The van der Waals surface area contributed by atoms with Crippen LogP contribution >= 0.6 is 0 Å². The Morgan fingerprint density at radius 1 is 1.18 bits per heavy atom. The summed E-state index contributed by atoms with van der Waals surface area (Å²) in [5.41, 5.74) is -0.584. The fourth-order valence-corrected chi connectivity index (χ4v) is 1.77. The Kier molecular flexibility index (Phi) is 4.30. The minimum atomic E-state index is -4.93. The third-order valence-electron chi connectivity index (χ3n) is 2.66. The molecule has 2 aromatic rings. The van der Waals surface area contributed by atoms with Crippen molar-refractivity contribution >= 4 is 5.97 Å². The topological polar surface area (TPSA) is 48.4 Å². The molecule has 0 radical (unpaired) electrons. The predicted octanol–water partition coefficient (Wildman–Crippen LogP) is 3.57. The molecule has 116 valence electrons. The number of para-hydroxylation sites is 1. The number of halogens is 4. The zero-order chi connectivity index (χ0) is 16.3. The van der Waals surface area contributed by atoms with Crippen molar-refractivity contribution in [3.05, 3.63) is 48.0 Å². The predicted molar refractivity (Wildman–Crippen MR) is 67.7 cm³/mol. The molecule has 1 aromatic heterocycles. The van der Waals surface area contributed by atoms with Crippen LogP contribution in [0.25, 0.3) is 11.1 Å². The molecule has 0 amide bonds. The molecule has 0 fully saturated rings. The number of esters is 1. The van der Waals surface area contributed by atoms with Gasteiger partial charge in [0.1, 0.15) is 5.75 Å². The van der Waals surface area contributed by atoms with Gasteiger partial charge in [-0.1, -0.05) is 18.2 Å². The summed E-state index contributed by atoms with van der Waals surface area (Å²) in [4.78, 5) is 14.8. The van der Waals surface area contributed by atoms with Crippen molar-refractivity contribution in [2.45, 2.75) is 6.36 Å². The van der Waals surface area contributed by atoms with Crippen molar-refractivity contribution in [2.24, 2.45) is 0 Å². The molecular weight excluding hydrogens is 306 g/mol. The first-order valence-corrected chi connectivity index (χ1v) is 5.91. The molecule has 4 nitrogen and oxygen atoms in total. The molecular formula is C14H9F4NO3. The zero-order valence-electron chi connectivity index (χ0n) is 11.1. The Morgan fingerprint density at radius 3 is 2.50 bits per heavy atom. The van der Waals surface area contributed by atoms with Crippen molar-refractivity contribution in [1.29, 1.82) is 0 Å². The van der Waals surface area contributed by atoms with E-state index in [1.807, 2.05) is 0 Å². The lowest BCUT2D eigenvalue weighted by molar-refractivity contribution is -0.274. The molecule has 1 aromatic carbocycles. The number of benzene rings is 1. The number of nitrogens with zero attached hydrogens (tertiary/aromatic N) is 1. The number of carbonyl (C=O) groups excluding carboxylic acids is 1. The van der Waals surface area contributed by atoms with E-state index in [1.54, 1.807) is 0 Å². The van der Waals surface area contributed by atoms with Gasteiger partial charge in [-0.2, -0.15) is 4.39 Å².